The van der Waals surface area contributed by atoms with E-state index in [0.717, 1.165) is 67.8 Å². The minimum Gasteiger partial charge on any atom is -0.497 e. The van der Waals surface area contributed by atoms with E-state index in [1.165, 1.54) is 6.07 Å². The molecule has 0 radical (unpaired) electrons. The van der Waals surface area contributed by atoms with E-state index in [0.29, 0.717) is 6.42 Å². The van der Waals surface area contributed by atoms with Gasteiger partial charge in [-0.15, -0.1) is 5.06 Å². The Morgan fingerprint density at radius 1 is 1.00 bits per heavy atom. The summed E-state index contributed by atoms with van der Waals surface area (Å²) in [6.07, 6.45) is 1.41. The number of hydrogen-bond acceptors (Lipinski definition) is 8. The maximum absolute atomic E-state index is 14.0. The molecule has 1 amide bonds. The van der Waals surface area contributed by atoms with Gasteiger partial charge in [-0.05, 0) is 49.7 Å². The Hall–Kier alpha value is -3.66. The smallest absolute Gasteiger partial charge is 0.442 e. The zero-order valence-electron chi connectivity index (χ0n) is 19.4. The minimum atomic E-state index is -1.76. The first-order chi connectivity index (χ1) is 16.9. The Kier molecular flexibility index (Phi) is 6.06. The summed E-state index contributed by atoms with van der Waals surface area (Å²) in [5.74, 6) is -2.96. The van der Waals surface area contributed by atoms with Crippen LogP contribution in [0.5, 0.6) is 5.75 Å². The predicted molar refractivity (Wildman–Crippen MR) is 123 cm³/mol. The molecule has 2 aromatic rings. The van der Waals surface area contributed by atoms with Crippen LogP contribution in [-0.4, -0.2) is 62.6 Å². The Balaban J connectivity index is 1.20. The average Bonchev–Trinajstić information content (AvgIpc) is 3.03. The first kappa shape index (κ1) is 23.1. The highest BCUT2D eigenvalue weighted by molar-refractivity contribution is 6.32. The number of amides is 1. The largest absolute Gasteiger partial charge is 0.497 e. The number of piperazine rings is 1. The fourth-order valence-corrected chi connectivity index (χ4v) is 4.95. The van der Waals surface area contributed by atoms with Gasteiger partial charge in [0, 0.05) is 49.9 Å². The Morgan fingerprint density at radius 2 is 1.80 bits per heavy atom. The van der Waals surface area contributed by atoms with Crippen LogP contribution in [0.3, 0.4) is 0 Å². The molecule has 2 fully saturated rings. The van der Waals surface area contributed by atoms with Gasteiger partial charge in [-0.2, -0.15) is 0 Å². The Morgan fingerprint density at radius 3 is 2.57 bits per heavy atom. The monoisotopic (exact) mass is 483 g/mol. The van der Waals surface area contributed by atoms with Gasteiger partial charge >= 0.3 is 17.8 Å². The highest BCUT2D eigenvalue weighted by Gasteiger charge is 2.59. The molecule has 0 aromatic heterocycles. The summed E-state index contributed by atoms with van der Waals surface area (Å²) in [4.78, 5) is 46.7. The van der Waals surface area contributed by atoms with E-state index in [2.05, 4.69) is 15.9 Å². The molecule has 3 aliphatic rings. The van der Waals surface area contributed by atoms with Gasteiger partial charge in [0.2, 0.25) is 5.60 Å². The molecule has 0 N–H and O–H groups in total. The third-order valence-electron chi connectivity index (χ3n) is 6.79. The van der Waals surface area contributed by atoms with Crippen LogP contribution in [0.25, 0.3) is 0 Å². The molecule has 10 heteroatoms. The van der Waals surface area contributed by atoms with Crippen LogP contribution in [0.1, 0.15) is 24.8 Å². The van der Waals surface area contributed by atoms with Crippen molar-refractivity contribution < 1.29 is 33.1 Å². The molecule has 2 aromatic carbocycles. The molecule has 35 heavy (non-hydrogen) atoms. The van der Waals surface area contributed by atoms with E-state index < -0.39 is 29.3 Å². The first-order valence-electron chi connectivity index (χ1n) is 11.6. The predicted octanol–water partition coefficient (Wildman–Crippen LogP) is 2.38. The average molecular weight is 483 g/mol. The van der Waals surface area contributed by atoms with Crippen molar-refractivity contribution >= 4 is 29.2 Å². The SMILES string of the molecule is COc1cccc(N2CCN(CCCCC34OC(=O)C(=O)ON(C3=O)c3ccc(F)cc34)CC2)c1. The molecule has 9 nitrogen and oxygen atoms in total. The summed E-state index contributed by atoms with van der Waals surface area (Å²) in [5.41, 5.74) is -0.211. The highest BCUT2D eigenvalue weighted by Crippen LogP contribution is 2.47. The van der Waals surface area contributed by atoms with Gasteiger partial charge in [-0.25, -0.2) is 14.0 Å². The van der Waals surface area contributed by atoms with Gasteiger partial charge in [-0.3, -0.25) is 9.69 Å². The number of unbranched alkanes of at least 4 members (excludes halogenated alkanes) is 1. The number of ether oxygens (including phenoxy) is 2. The van der Waals surface area contributed by atoms with Gasteiger partial charge in [0.25, 0.3) is 0 Å². The number of anilines is 2. The van der Waals surface area contributed by atoms with Crippen LogP contribution in [0.4, 0.5) is 15.8 Å². The van der Waals surface area contributed by atoms with Crippen molar-refractivity contribution in [2.24, 2.45) is 0 Å². The molecule has 0 saturated carbocycles. The number of hydrogen-bond donors (Lipinski definition) is 0. The number of carbonyl (C=O) groups excluding carboxylic acids is 3. The van der Waals surface area contributed by atoms with Crippen LogP contribution < -0.4 is 14.7 Å². The van der Waals surface area contributed by atoms with Crippen molar-refractivity contribution in [3.8, 4) is 5.75 Å². The molecular weight excluding hydrogens is 457 g/mol. The Labute approximate surface area is 201 Å². The summed E-state index contributed by atoms with van der Waals surface area (Å²) in [5, 5.41) is 0.750. The number of esters is 1. The van der Waals surface area contributed by atoms with Crippen molar-refractivity contribution in [1.82, 2.24) is 4.90 Å². The van der Waals surface area contributed by atoms with Crippen LogP contribution in [0.15, 0.2) is 42.5 Å². The highest BCUT2D eigenvalue weighted by atomic mass is 19.1. The second-order valence-electron chi connectivity index (χ2n) is 8.84. The third-order valence-corrected chi connectivity index (χ3v) is 6.79. The first-order valence-corrected chi connectivity index (χ1v) is 11.6. The summed E-state index contributed by atoms with van der Waals surface area (Å²) < 4.78 is 24.7. The standard InChI is InChI=1S/C25H26FN3O6/c1-33-19-6-4-5-18(16-19)28-13-11-27(12-14-28)10-3-2-9-25-20-15-17(26)7-8-21(20)29(24(25)32)35-23(31)22(30)34-25/h4-8,15-16H,2-3,9-14H2,1H3. The summed E-state index contributed by atoms with van der Waals surface area (Å²) >= 11 is 0. The van der Waals surface area contributed by atoms with Gasteiger partial charge in [0.05, 0.1) is 12.8 Å². The van der Waals surface area contributed by atoms with Crippen molar-refractivity contribution in [2.45, 2.75) is 24.9 Å². The number of carbonyl (C=O) groups is 3. The van der Waals surface area contributed by atoms with Gasteiger partial charge in [0.1, 0.15) is 11.6 Å². The van der Waals surface area contributed by atoms with Crippen LogP contribution in [-0.2, 0) is 29.6 Å². The third kappa shape index (κ3) is 4.18. The van der Waals surface area contributed by atoms with Gasteiger partial charge < -0.3 is 19.2 Å². The molecular formula is C25H26FN3O6. The second kappa shape index (κ2) is 9.18. The fourth-order valence-electron chi connectivity index (χ4n) is 4.95. The number of halogens is 1. The van der Waals surface area contributed by atoms with Crippen molar-refractivity contribution in [2.75, 3.05) is 49.8 Å². The lowest BCUT2D eigenvalue weighted by atomic mass is 9.89. The van der Waals surface area contributed by atoms with E-state index in [4.69, 9.17) is 14.3 Å². The topological polar surface area (TPSA) is 88.6 Å². The molecule has 3 aliphatic heterocycles. The summed E-state index contributed by atoms with van der Waals surface area (Å²) in [7, 11) is 1.66. The van der Waals surface area contributed by atoms with E-state index in [-0.39, 0.29) is 17.7 Å². The van der Waals surface area contributed by atoms with Crippen LogP contribution in [0.2, 0.25) is 0 Å². The van der Waals surface area contributed by atoms with E-state index >= 15 is 0 Å². The number of hydroxylamine groups is 1. The number of rotatable bonds is 7. The molecule has 184 valence electrons. The maximum atomic E-state index is 14.0. The quantitative estimate of drug-likeness (QED) is 0.337. The molecule has 0 spiro atoms. The lowest BCUT2D eigenvalue weighted by molar-refractivity contribution is -0.174. The van der Waals surface area contributed by atoms with E-state index in [1.54, 1.807) is 7.11 Å². The van der Waals surface area contributed by atoms with Crippen LogP contribution in [0, 0.1) is 5.82 Å². The number of fused-ring (bicyclic) bond motifs is 5. The molecule has 1 unspecified atom stereocenters. The lowest BCUT2D eigenvalue weighted by Gasteiger charge is -2.36. The van der Waals surface area contributed by atoms with Gasteiger partial charge in [-0.1, -0.05) is 6.07 Å². The molecule has 2 bridgehead atoms. The summed E-state index contributed by atoms with van der Waals surface area (Å²) in [6, 6.07) is 11.7. The second-order valence-corrected chi connectivity index (χ2v) is 8.84. The van der Waals surface area contributed by atoms with Crippen molar-refractivity contribution in [3.05, 3.63) is 53.8 Å². The molecule has 1 atom stereocenters. The maximum Gasteiger partial charge on any atom is 0.442 e. The molecule has 3 heterocycles. The zero-order valence-corrected chi connectivity index (χ0v) is 19.4. The van der Waals surface area contributed by atoms with Gasteiger partial charge in [0.15, 0.2) is 0 Å². The van der Waals surface area contributed by atoms with E-state index in [9.17, 15) is 18.8 Å². The molecule has 5 rings (SSSR count). The van der Waals surface area contributed by atoms with Crippen molar-refractivity contribution in [3.63, 3.8) is 0 Å². The Bertz CT molecular complexity index is 1170. The van der Waals surface area contributed by atoms with E-state index in [1.807, 2.05) is 18.2 Å². The molecule has 0 aliphatic carbocycles. The zero-order chi connectivity index (χ0) is 24.6. The number of nitrogens with zero attached hydrogens (tertiary/aromatic N) is 3. The lowest BCUT2D eigenvalue weighted by Crippen LogP contribution is -2.46. The minimum absolute atomic E-state index is 0.130. The van der Waals surface area contributed by atoms with Crippen molar-refractivity contribution in [1.29, 1.82) is 0 Å². The number of benzene rings is 2. The number of methoxy groups -OCH3 is 1. The molecule has 2 saturated heterocycles. The van der Waals surface area contributed by atoms with Crippen LogP contribution >= 0.6 is 0 Å². The normalized spacial score (nSPS) is 21.9. The fraction of sp³-hybridized carbons (Fsp3) is 0.400. The summed E-state index contributed by atoms with van der Waals surface area (Å²) in [6.45, 7) is 4.35.